The summed E-state index contributed by atoms with van der Waals surface area (Å²) in [5, 5.41) is 38.9. The highest BCUT2D eigenvalue weighted by atomic mass is 16.6. The van der Waals surface area contributed by atoms with Gasteiger partial charge in [0.25, 0.3) is 0 Å². The monoisotopic (exact) mass is 532 g/mol. The van der Waals surface area contributed by atoms with Crippen LogP contribution < -0.4 is 0 Å². The molecule has 1 aromatic heterocycles. The Balaban J connectivity index is 1.45. The SMILES string of the molecule is CC1=CC23C(=O)[C@@H](C=C(CO)[C@@H](O)[C@]2(O)[C@H]1OC(=O)c1c(-c2ccccc2)cnn1C)[C@H]1[C@@H](CC3C)C1(C)C. The van der Waals surface area contributed by atoms with Crippen molar-refractivity contribution in [2.45, 2.75) is 51.9 Å². The topological polar surface area (TPSA) is 122 Å². The van der Waals surface area contributed by atoms with Crippen LogP contribution in [0.2, 0.25) is 0 Å². The maximum atomic E-state index is 14.5. The van der Waals surface area contributed by atoms with Gasteiger partial charge in [0, 0.05) is 18.5 Å². The first-order chi connectivity index (χ1) is 18.4. The number of benzene rings is 1. The van der Waals surface area contributed by atoms with Gasteiger partial charge in [-0.2, -0.15) is 5.10 Å². The first-order valence-electron chi connectivity index (χ1n) is 13.6. The van der Waals surface area contributed by atoms with Gasteiger partial charge in [-0.15, -0.1) is 0 Å². The number of aliphatic hydroxyl groups is 3. The number of nitrogens with zero attached hydrogens (tertiary/aromatic N) is 2. The molecule has 39 heavy (non-hydrogen) atoms. The normalized spacial score (nSPS) is 38.1. The number of fused-ring (bicyclic) bond motifs is 3. The Morgan fingerprint density at radius 1 is 1.23 bits per heavy atom. The molecule has 0 saturated heterocycles. The molecule has 8 heteroatoms. The first-order valence-corrected chi connectivity index (χ1v) is 13.6. The van der Waals surface area contributed by atoms with Gasteiger partial charge in [0.15, 0.2) is 23.2 Å². The highest BCUT2D eigenvalue weighted by Gasteiger charge is 2.76. The second-order valence-corrected chi connectivity index (χ2v) is 12.5. The Labute approximate surface area is 228 Å². The summed E-state index contributed by atoms with van der Waals surface area (Å²) in [6.45, 7) is 7.45. The summed E-state index contributed by atoms with van der Waals surface area (Å²) in [5.74, 6) is -1.46. The third kappa shape index (κ3) is 3.25. The summed E-state index contributed by atoms with van der Waals surface area (Å²) >= 11 is 0. The van der Waals surface area contributed by atoms with Gasteiger partial charge in [-0.05, 0) is 53.2 Å². The largest absolute Gasteiger partial charge is 0.450 e. The van der Waals surface area contributed by atoms with Crippen LogP contribution in [0.5, 0.6) is 0 Å². The predicted octanol–water partition coefficient (Wildman–Crippen LogP) is 3.08. The molecule has 1 heterocycles. The summed E-state index contributed by atoms with van der Waals surface area (Å²) in [4.78, 5) is 28.3. The molecule has 4 aliphatic carbocycles. The van der Waals surface area contributed by atoms with E-state index in [1.807, 2.05) is 37.3 Å². The Bertz CT molecular complexity index is 1420. The molecule has 1 aromatic carbocycles. The molecule has 4 aliphatic rings. The second-order valence-electron chi connectivity index (χ2n) is 12.5. The van der Waals surface area contributed by atoms with Gasteiger partial charge in [-0.3, -0.25) is 9.48 Å². The summed E-state index contributed by atoms with van der Waals surface area (Å²) in [5.41, 5.74) is -1.48. The minimum atomic E-state index is -2.18. The van der Waals surface area contributed by atoms with Crippen molar-refractivity contribution in [1.29, 1.82) is 0 Å². The molecular weight excluding hydrogens is 496 g/mol. The predicted molar refractivity (Wildman–Crippen MR) is 143 cm³/mol. The third-order valence-corrected chi connectivity index (χ3v) is 10.3. The number of rotatable bonds is 4. The fraction of sp³-hybridized carbons (Fsp3) is 0.516. The molecule has 8 atom stereocenters. The first kappa shape index (κ1) is 26.2. The zero-order chi connectivity index (χ0) is 28.1. The molecule has 0 radical (unpaired) electrons. The van der Waals surface area contributed by atoms with Crippen molar-refractivity contribution < 1.29 is 29.6 Å². The Kier molecular flexibility index (Phi) is 5.68. The summed E-state index contributed by atoms with van der Waals surface area (Å²) in [6.07, 6.45) is 2.78. The number of aryl methyl sites for hydroxylation is 1. The Hall–Kier alpha value is -3.07. The highest BCUT2D eigenvalue weighted by Crippen LogP contribution is 2.71. The lowest BCUT2D eigenvalue weighted by Crippen LogP contribution is -2.65. The number of hydrogen-bond donors (Lipinski definition) is 3. The average Bonchev–Trinajstić information content (AvgIpc) is 3.17. The lowest BCUT2D eigenvalue weighted by Gasteiger charge is -2.48. The number of Topliss-reactive ketones (excluding diaryl/α,β-unsaturated/α-hetero) is 1. The van der Waals surface area contributed by atoms with E-state index in [4.69, 9.17) is 4.74 Å². The zero-order valence-corrected chi connectivity index (χ0v) is 23.0. The van der Waals surface area contributed by atoms with Crippen molar-refractivity contribution in [3.8, 4) is 11.1 Å². The van der Waals surface area contributed by atoms with Crippen LogP contribution in [-0.4, -0.2) is 61.3 Å². The quantitative estimate of drug-likeness (QED) is 0.409. The Morgan fingerprint density at radius 2 is 1.92 bits per heavy atom. The van der Waals surface area contributed by atoms with E-state index >= 15 is 0 Å². The number of ketones is 1. The molecule has 206 valence electrons. The van der Waals surface area contributed by atoms with E-state index in [9.17, 15) is 24.9 Å². The van der Waals surface area contributed by atoms with Crippen LogP contribution in [0.15, 0.2) is 59.8 Å². The van der Waals surface area contributed by atoms with Gasteiger partial charge in [0.05, 0.1) is 18.2 Å². The van der Waals surface area contributed by atoms with Crippen molar-refractivity contribution in [1.82, 2.24) is 9.78 Å². The van der Waals surface area contributed by atoms with E-state index in [1.54, 1.807) is 32.3 Å². The molecule has 2 saturated carbocycles. The van der Waals surface area contributed by atoms with Gasteiger partial charge in [0.2, 0.25) is 0 Å². The van der Waals surface area contributed by atoms with Crippen molar-refractivity contribution in [3.05, 3.63) is 65.5 Å². The van der Waals surface area contributed by atoms with E-state index in [1.165, 1.54) is 4.68 Å². The summed E-state index contributed by atoms with van der Waals surface area (Å²) in [7, 11) is 1.64. The standard InChI is InChI=1S/C31H36N2O6/c1-16-13-30-17(2)11-22-23(29(22,3)4)20(26(30)36)12-19(15-34)25(35)31(30,38)27(16)39-28(37)24-21(14-32-33(24)5)18-9-7-6-8-10-18/h6-10,12-14,17,20,22-23,25,27,34-35,38H,11,15H2,1-5H3/t17?,20-,22+,23-,25+,27-,30?,31-/m0/s1. The minimum absolute atomic E-state index is 0.0566. The smallest absolute Gasteiger partial charge is 0.357 e. The minimum Gasteiger partial charge on any atom is -0.450 e. The van der Waals surface area contributed by atoms with Crippen LogP contribution in [0.4, 0.5) is 0 Å². The molecule has 2 fully saturated rings. The fourth-order valence-corrected chi connectivity index (χ4v) is 8.27. The van der Waals surface area contributed by atoms with Crippen molar-refractivity contribution in [2.75, 3.05) is 6.61 Å². The zero-order valence-electron chi connectivity index (χ0n) is 23.0. The maximum absolute atomic E-state index is 14.5. The molecule has 2 bridgehead atoms. The van der Waals surface area contributed by atoms with Gasteiger partial charge < -0.3 is 20.1 Å². The lowest BCUT2D eigenvalue weighted by molar-refractivity contribution is -0.190. The second kappa shape index (κ2) is 8.46. The number of carbonyl (C=O) groups excluding carboxylic acids is 2. The van der Waals surface area contributed by atoms with Crippen LogP contribution >= 0.6 is 0 Å². The summed E-state index contributed by atoms with van der Waals surface area (Å²) < 4.78 is 7.49. The van der Waals surface area contributed by atoms with E-state index in [2.05, 4.69) is 18.9 Å². The van der Waals surface area contributed by atoms with E-state index in [0.717, 1.165) is 5.56 Å². The van der Waals surface area contributed by atoms with Gasteiger partial charge in [0.1, 0.15) is 6.10 Å². The number of allylic oxidation sites excluding steroid dienone is 1. The number of ether oxygens (including phenoxy) is 1. The van der Waals surface area contributed by atoms with E-state index in [-0.39, 0.29) is 40.2 Å². The molecule has 8 nitrogen and oxygen atoms in total. The highest BCUT2D eigenvalue weighted by molar-refractivity contribution is 5.97. The van der Waals surface area contributed by atoms with E-state index < -0.39 is 41.7 Å². The van der Waals surface area contributed by atoms with Gasteiger partial charge in [-0.1, -0.05) is 63.3 Å². The van der Waals surface area contributed by atoms with Crippen molar-refractivity contribution in [3.63, 3.8) is 0 Å². The van der Waals surface area contributed by atoms with Crippen LogP contribution in [0, 0.1) is 34.5 Å². The fourth-order valence-electron chi connectivity index (χ4n) is 8.27. The van der Waals surface area contributed by atoms with Crippen LogP contribution in [0.3, 0.4) is 0 Å². The molecular formula is C31H36N2O6. The van der Waals surface area contributed by atoms with Gasteiger partial charge in [-0.25, -0.2) is 4.79 Å². The van der Waals surface area contributed by atoms with Crippen LogP contribution in [-0.2, 0) is 16.6 Å². The van der Waals surface area contributed by atoms with Gasteiger partial charge >= 0.3 is 5.97 Å². The Morgan fingerprint density at radius 3 is 2.59 bits per heavy atom. The number of aliphatic hydroxyl groups excluding tert-OH is 2. The van der Waals surface area contributed by atoms with Crippen molar-refractivity contribution in [2.24, 2.45) is 41.5 Å². The molecule has 3 N–H and O–H groups in total. The summed E-state index contributed by atoms with van der Waals surface area (Å²) in [6, 6.07) is 9.33. The van der Waals surface area contributed by atoms with E-state index in [0.29, 0.717) is 17.6 Å². The number of esters is 1. The molecule has 2 unspecified atom stereocenters. The number of hydrogen-bond acceptors (Lipinski definition) is 7. The number of aromatic nitrogens is 2. The molecule has 1 spiro atoms. The molecule has 0 aliphatic heterocycles. The molecule has 6 rings (SSSR count). The van der Waals surface area contributed by atoms with Crippen molar-refractivity contribution >= 4 is 11.8 Å². The third-order valence-electron chi connectivity index (χ3n) is 10.3. The molecule has 2 aromatic rings. The lowest BCUT2D eigenvalue weighted by atomic mass is 9.59. The van der Waals surface area contributed by atoms with Crippen LogP contribution in [0.1, 0.15) is 44.6 Å². The molecule has 0 amide bonds. The number of carbonyl (C=O) groups is 2. The average molecular weight is 533 g/mol. The van der Waals surface area contributed by atoms with Crippen LogP contribution in [0.25, 0.3) is 11.1 Å². The maximum Gasteiger partial charge on any atom is 0.357 e.